The number of nitrogens with zero attached hydrogens (tertiary/aromatic N) is 2. The Morgan fingerprint density at radius 1 is 1.10 bits per heavy atom. The SMILES string of the molecule is CC(C)n1cnc2c(NC(=O)c3ccccc3)cccc21. The molecule has 106 valence electrons. The van der Waals surface area contributed by atoms with E-state index in [9.17, 15) is 4.79 Å². The Bertz CT molecular complexity index is 775. The van der Waals surface area contributed by atoms with E-state index in [-0.39, 0.29) is 5.91 Å². The quantitative estimate of drug-likeness (QED) is 0.791. The fourth-order valence-electron chi connectivity index (χ4n) is 2.35. The lowest BCUT2D eigenvalue weighted by molar-refractivity contribution is 0.102. The highest BCUT2D eigenvalue weighted by Crippen LogP contribution is 2.24. The Kier molecular flexibility index (Phi) is 3.44. The Hall–Kier alpha value is -2.62. The smallest absolute Gasteiger partial charge is 0.255 e. The molecule has 3 rings (SSSR count). The predicted octanol–water partition coefficient (Wildman–Crippen LogP) is 3.87. The molecule has 0 atom stereocenters. The van der Waals surface area contributed by atoms with E-state index in [1.807, 2.05) is 42.7 Å². The van der Waals surface area contributed by atoms with Gasteiger partial charge in [-0.2, -0.15) is 0 Å². The molecule has 0 spiro atoms. The van der Waals surface area contributed by atoms with E-state index in [2.05, 4.69) is 28.7 Å². The molecule has 0 fully saturated rings. The molecule has 0 aliphatic rings. The minimum Gasteiger partial charge on any atom is -0.328 e. The molecule has 21 heavy (non-hydrogen) atoms. The minimum absolute atomic E-state index is 0.123. The zero-order chi connectivity index (χ0) is 14.8. The summed E-state index contributed by atoms with van der Waals surface area (Å²) in [7, 11) is 0. The summed E-state index contributed by atoms with van der Waals surface area (Å²) in [6, 6.07) is 15.3. The van der Waals surface area contributed by atoms with E-state index in [1.54, 1.807) is 12.1 Å². The van der Waals surface area contributed by atoms with E-state index in [0.717, 1.165) is 16.7 Å². The standard InChI is InChI=1S/C17H17N3O/c1-12(2)20-11-18-16-14(9-6-10-15(16)20)19-17(21)13-7-4-3-5-8-13/h3-12H,1-2H3,(H,19,21). The highest BCUT2D eigenvalue weighted by atomic mass is 16.1. The number of imidazole rings is 1. The first kappa shape index (κ1) is 13.4. The summed E-state index contributed by atoms with van der Waals surface area (Å²) in [5.41, 5.74) is 3.21. The summed E-state index contributed by atoms with van der Waals surface area (Å²) in [5, 5.41) is 2.94. The normalized spacial score (nSPS) is 11.0. The Morgan fingerprint density at radius 2 is 1.86 bits per heavy atom. The lowest BCUT2D eigenvalue weighted by Gasteiger charge is -2.09. The molecule has 0 saturated heterocycles. The zero-order valence-corrected chi connectivity index (χ0v) is 12.1. The maximum Gasteiger partial charge on any atom is 0.255 e. The van der Waals surface area contributed by atoms with Crippen molar-refractivity contribution in [1.29, 1.82) is 0 Å². The molecule has 0 radical (unpaired) electrons. The fourth-order valence-corrected chi connectivity index (χ4v) is 2.35. The second-order valence-corrected chi connectivity index (χ2v) is 5.24. The van der Waals surface area contributed by atoms with Gasteiger partial charge in [0.05, 0.1) is 17.5 Å². The Labute approximate surface area is 123 Å². The van der Waals surface area contributed by atoms with Crippen LogP contribution < -0.4 is 5.32 Å². The van der Waals surface area contributed by atoms with Gasteiger partial charge in [-0.15, -0.1) is 0 Å². The van der Waals surface area contributed by atoms with Crippen LogP contribution in [0, 0.1) is 0 Å². The molecule has 0 bridgehead atoms. The van der Waals surface area contributed by atoms with Gasteiger partial charge in [0.15, 0.2) is 0 Å². The fraction of sp³-hybridized carbons (Fsp3) is 0.176. The van der Waals surface area contributed by atoms with Crippen LogP contribution in [0.5, 0.6) is 0 Å². The van der Waals surface area contributed by atoms with Crippen molar-refractivity contribution in [2.75, 3.05) is 5.32 Å². The van der Waals surface area contributed by atoms with Crippen molar-refractivity contribution >= 4 is 22.6 Å². The maximum absolute atomic E-state index is 12.3. The number of hydrogen-bond donors (Lipinski definition) is 1. The topological polar surface area (TPSA) is 46.9 Å². The number of amides is 1. The first-order valence-electron chi connectivity index (χ1n) is 6.99. The van der Waals surface area contributed by atoms with E-state index >= 15 is 0 Å². The number of anilines is 1. The molecule has 1 aromatic heterocycles. The van der Waals surface area contributed by atoms with Gasteiger partial charge in [0.25, 0.3) is 5.91 Å². The Morgan fingerprint density at radius 3 is 2.57 bits per heavy atom. The second-order valence-electron chi connectivity index (χ2n) is 5.24. The molecule has 1 amide bonds. The van der Waals surface area contributed by atoms with Gasteiger partial charge in [-0.1, -0.05) is 24.3 Å². The van der Waals surface area contributed by atoms with Crippen molar-refractivity contribution in [3.63, 3.8) is 0 Å². The lowest BCUT2D eigenvalue weighted by Crippen LogP contribution is -2.12. The molecule has 0 saturated carbocycles. The van der Waals surface area contributed by atoms with Gasteiger partial charge in [0, 0.05) is 11.6 Å². The molecule has 0 aliphatic carbocycles. The molecule has 4 heteroatoms. The zero-order valence-electron chi connectivity index (χ0n) is 12.1. The number of benzene rings is 2. The average Bonchev–Trinajstić information content (AvgIpc) is 2.93. The number of para-hydroxylation sites is 1. The van der Waals surface area contributed by atoms with Crippen LogP contribution in [0.1, 0.15) is 30.2 Å². The second kappa shape index (κ2) is 5.40. The van der Waals surface area contributed by atoms with Crippen molar-refractivity contribution in [2.24, 2.45) is 0 Å². The van der Waals surface area contributed by atoms with Crippen LogP contribution in [-0.4, -0.2) is 15.5 Å². The van der Waals surface area contributed by atoms with E-state index in [4.69, 9.17) is 0 Å². The number of rotatable bonds is 3. The van der Waals surface area contributed by atoms with Crippen LogP contribution in [0.3, 0.4) is 0 Å². The number of aromatic nitrogens is 2. The first-order chi connectivity index (χ1) is 10.2. The summed E-state index contributed by atoms with van der Waals surface area (Å²) >= 11 is 0. The molecular formula is C17H17N3O. The highest BCUT2D eigenvalue weighted by Gasteiger charge is 2.12. The van der Waals surface area contributed by atoms with Crippen molar-refractivity contribution in [3.05, 3.63) is 60.4 Å². The maximum atomic E-state index is 12.3. The summed E-state index contributed by atoms with van der Waals surface area (Å²) in [4.78, 5) is 16.7. The third kappa shape index (κ3) is 2.52. The summed E-state index contributed by atoms with van der Waals surface area (Å²) in [6.45, 7) is 4.21. The van der Waals surface area contributed by atoms with Crippen LogP contribution in [0.25, 0.3) is 11.0 Å². The number of fused-ring (bicyclic) bond motifs is 1. The number of hydrogen-bond acceptors (Lipinski definition) is 2. The van der Waals surface area contributed by atoms with Gasteiger partial charge in [-0.05, 0) is 38.1 Å². The van der Waals surface area contributed by atoms with Crippen LogP contribution in [0.2, 0.25) is 0 Å². The van der Waals surface area contributed by atoms with E-state index < -0.39 is 0 Å². The minimum atomic E-state index is -0.123. The van der Waals surface area contributed by atoms with Crippen molar-refractivity contribution < 1.29 is 4.79 Å². The third-order valence-electron chi connectivity index (χ3n) is 3.44. The molecule has 3 aromatic rings. The van der Waals surface area contributed by atoms with Crippen LogP contribution >= 0.6 is 0 Å². The summed E-state index contributed by atoms with van der Waals surface area (Å²) in [6.07, 6.45) is 1.81. The van der Waals surface area contributed by atoms with Crippen LogP contribution in [0.15, 0.2) is 54.9 Å². The van der Waals surface area contributed by atoms with Gasteiger partial charge in [-0.3, -0.25) is 4.79 Å². The Balaban J connectivity index is 1.96. The first-order valence-corrected chi connectivity index (χ1v) is 6.99. The molecule has 1 N–H and O–H groups in total. The van der Waals surface area contributed by atoms with Gasteiger partial charge in [0.2, 0.25) is 0 Å². The predicted molar refractivity (Wildman–Crippen MR) is 84.5 cm³/mol. The van der Waals surface area contributed by atoms with Gasteiger partial charge in [0.1, 0.15) is 5.52 Å². The van der Waals surface area contributed by atoms with Crippen LogP contribution in [0.4, 0.5) is 5.69 Å². The molecule has 2 aromatic carbocycles. The average molecular weight is 279 g/mol. The summed E-state index contributed by atoms with van der Waals surface area (Å²) < 4.78 is 2.09. The van der Waals surface area contributed by atoms with Gasteiger partial charge >= 0.3 is 0 Å². The molecule has 0 aliphatic heterocycles. The summed E-state index contributed by atoms with van der Waals surface area (Å²) in [5.74, 6) is -0.123. The molecule has 0 unspecified atom stereocenters. The monoisotopic (exact) mass is 279 g/mol. The van der Waals surface area contributed by atoms with Crippen LogP contribution in [-0.2, 0) is 0 Å². The van der Waals surface area contributed by atoms with Crippen molar-refractivity contribution in [2.45, 2.75) is 19.9 Å². The largest absolute Gasteiger partial charge is 0.328 e. The van der Waals surface area contributed by atoms with Crippen molar-refractivity contribution in [3.8, 4) is 0 Å². The van der Waals surface area contributed by atoms with E-state index in [1.165, 1.54) is 0 Å². The lowest BCUT2D eigenvalue weighted by atomic mass is 10.2. The third-order valence-corrected chi connectivity index (χ3v) is 3.44. The molecule has 1 heterocycles. The van der Waals surface area contributed by atoms with E-state index in [0.29, 0.717) is 11.6 Å². The molecular weight excluding hydrogens is 262 g/mol. The number of carbonyl (C=O) groups is 1. The van der Waals surface area contributed by atoms with Crippen molar-refractivity contribution in [1.82, 2.24) is 9.55 Å². The van der Waals surface area contributed by atoms with Gasteiger partial charge < -0.3 is 9.88 Å². The number of nitrogens with one attached hydrogen (secondary N) is 1. The number of carbonyl (C=O) groups excluding carboxylic acids is 1. The highest BCUT2D eigenvalue weighted by molar-refractivity contribution is 6.08. The molecule has 4 nitrogen and oxygen atoms in total. The van der Waals surface area contributed by atoms with Gasteiger partial charge in [-0.25, -0.2) is 4.98 Å².